The molecule has 0 atom stereocenters. The number of nitrogens with zero attached hydrogens (tertiary/aromatic N) is 1. The number of aliphatic imine (C=N–C) groups is 1. The molecule has 96 valence electrons. The first kappa shape index (κ1) is 11.1. The summed E-state index contributed by atoms with van der Waals surface area (Å²) in [6.45, 7) is 0. The van der Waals surface area contributed by atoms with E-state index in [-0.39, 0.29) is 23.5 Å². The Balaban J connectivity index is 1.75. The Kier molecular flexibility index (Phi) is 2.29. The smallest absolute Gasteiger partial charge is 0.395 e. The van der Waals surface area contributed by atoms with Gasteiger partial charge in [-0.1, -0.05) is 0 Å². The summed E-state index contributed by atoms with van der Waals surface area (Å²) in [5, 5.41) is 2.82. The molecule has 0 saturated heterocycles. The summed E-state index contributed by atoms with van der Waals surface area (Å²) in [6.07, 6.45) is -1.53. The van der Waals surface area contributed by atoms with Crippen LogP contribution in [0.25, 0.3) is 0 Å². The van der Waals surface area contributed by atoms with Gasteiger partial charge < -0.3 is 20.5 Å². The van der Waals surface area contributed by atoms with E-state index in [0.29, 0.717) is 5.69 Å². The molecule has 1 saturated carbocycles. The van der Waals surface area contributed by atoms with Gasteiger partial charge in [-0.15, -0.1) is 8.78 Å². The number of nitrogens with two attached hydrogens (primary N) is 1. The van der Waals surface area contributed by atoms with Gasteiger partial charge in [-0.25, -0.2) is 4.99 Å². The number of ether oxygens (including phenoxy) is 2. The second kappa shape index (κ2) is 3.72. The summed E-state index contributed by atoms with van der Waals surface area (Å²) in [6, 6.07) is 4.64. The van der Waals surface area contributed by atoms with Gasteiger partial charge in [0, 0.05) is 11.8 Å². The standard InChI is InChI=1S/C11H11F2N3O2/c12-11(13)17-8-4-3-7(5-9(8)18-11)16-10(14)15-6-1-2-6/h3-6H,1-2H2,(H3,14,15,16). The third kappa shape index (κ3) is 2.29. The minimum Gasteiger partial charge on any atom is -0.395 e. The molecule has 1 aliphatic heterocycles. The highest BCUT2D eigenvalue weighted by Crippen LogP contribution is 2.42. The molecular weight excluding hydrogens is 244 g/mol. The zero-order valence-electron chi connectivity index (χ0n) is 9.32. The molecule has 0 radical (unpaired) electrons. The highest BCUT2D eigenvalue weighted by Gasteiger charge is 2.43. The summed E-state index contributed by atoms with van der Waals surface area (Å²) in [4.78, 5) is 4.17. The van der Waals surface area contributed by atoms with E-state index in [0.717, 1.165) is 12.8 Å². The molecule has 18 heavy (non-hydrogen) atoms. The van der Waals surface area contributed by atoms with Gasteiger partial charge >= 0.3 is 6.29 Å². The zero-order chi connectivity index (χ0) is 12.8. The van der Waals surface area contributed by atoms with Crippen molar-refractivity contribution in [2.75, 3.05) is 5.32 Å². The van der Waals surface area contributed by atoms with Crippen LogP contribution < -0.4 is 20.5 Å². The van der Waals surface area contributed by atoms with Crippen LogP contribution in [-0.2, 0) is 0 Å². The van der Waals surface area contributed by atoms with Gasteiger partial charge in [0.2, 0.25) is 0 Å². The van der Waals surface area contributed by atoms with Crippen molar-refractivity contribution in [2.45, 2.75) is 25.2 Å². The van der Waals surface area contributed by atoms with Crippen molar-refractivity contribution in [1.29, 1.82) is 0 Å². The maximum absolute atomic E-state index is 12.8. The number of anilines is 1. The van der Waals surface area contributed by atoms with Crippen LogP contribution in [0.5, 0.6) is 11.5 Å². The fourth-order valence-electron chi connectivity index (χ4n) is 1.61. The number of fused-ring (bicyclic) bond motifs is 1. The topological polar surface area (TPSA) is 68.9 Å². The molecule has 1 aromatic carbocycles. The van der Waals surface area contributed by atoms with Gasteiger partial charge in [-0.05, 0) is 25.0 Å². The average Bonchev–Trinajstić information content (AvgIpc) is 2.99. The lowest BCUT2D eigenvalue weighted by Gasteiger charge is -2.06. The third-order valence-corrected chi connectivity index (χ3v) is 2.54. The van der Waals surface area contributed by atoms with E-state index in [1.54, 1.807) is 6.07 Å². The number of hydrogen-bond acceptors (Lipinski definition) is 3. The molecule has 1 aromatic rings. The fourth-order valence-corrected chi connectivity index (χ4v) is 1.61. The second-order valence-electron chi connectivity index (χ2n) is 4.20. The summed E-state index contributed by atoms with van der Waals surface area (Å²) in [7, 11) is 0. The van der Waals surface area contributed by atoms with Crippen LogP contribution >= 0.6 is 0 Å². The Morgan fingerprint density at radius 1 is 1.33 bits per heavy atom. The molecule has 0 spiro atoms. The quantitative estimate of drug-likeness (QED) is 0.625. The SMILES string of the molecule is NC(=NC1CC1)Nc1ccc2c(c1)OC(F)(F)O2. The Bertz CT molecular complexity index is 515. The lowest BCUT2D eigenvalue weighted by molar-refractivity contribution is -0.286. The van der Waals surface area contributed by atoms with Gasteiger partial charge in [-0.3, -0.25) is 0 Å². The van der Waals surface area contributed by atoms with E-state index < -0.39 is 6.29 Å². The molecule has 2 aliphatic rings. The third-order valence-electron chi connectivity index (χ3n) is 2.54. The number of rotatable bonds is 2. The maximum Gasteiger partial charge on any atom is 0.586 e. The van der Waals surface area contributed by atoms with E-state index in [1.165, 1.54) is 12.1 Å². The molecule has 5 nitrogen and oxygen atoms in total. The normalized spacial score (nSPS) is 20.9. The number of alkyl halides is 2. The van der Waals surface area contributed by atoms with Crippen molar-refractivity contribution in [1.82, 2.24) is 0 Å². The monoisotopic (exact) mass is 255 g/mol. The van der Waals surface area contributed by atoms with Crippen LogP contribution in [-0.4, -0.2) is 18.3 Å². The van der Waals surface area contributed by atoms with E-state index >= 15 is 0 Å². The van der Waals surface area contributed by atoms with Crippen molar-refractivity contribution in [3.05, 3.63) is 18.2 Å². The van der Waals surface area contributed by atoms with E-state index in [4.69, 9.17) is 5.73 Å². The van der Waals surface area contributed by atoms with Crippen LogP contribution in [0.1, 0.15) is 12.8 Å². The van der Waals surface area contributed by atoms with Gasteiger partial charge in [0.15, 0.2) is 17.5 Å². The van der Waals surface area contributed by atoms with Crippen LogP contribution in [0.15, 0.2) is 23.2 Å². The number of benzene rings is 1. The molecule has 0 bridgehead atoms. The van der Waals surface area contributed by atoms with Crippen molar-refractivity contribution in [3.63, 3.8) is 0 Å². The van der Waals surface area contributed by atoms with E-state index in [1.807, 2.05) is 0 Å². The predicted octanol–water partition coefficient (Wildman–Crippen LogP) is 1.90. The minimum absolute atomic E-state index is 0.00301. The van der Waals surface area contributed by atoms with Gasteiger partial charge in [-0.2, -0.15) is 0 Å². The van der Waals surface area contributed by atoms with Gasteiger partial charge in [0.25, 0.3) is 0 Å². The van der Waals surface area contributed by atoms with Crippen molar-refractivity contribution in [3.8, 4) is 11.5 Å². The summed E-state index contributed by atoms with van der Waals surface area (Å²) >= 11 is 0. The highest BCUT2D eigenvalue weighted by atomic mass is 19.3. The number of halogens is 2. The molecule has 1 heterocycles. The van der Waals surface area contributed by atoms with Crippen molar-refractivity contribution in [2.24, 2.45) is 10.7 Å². The predicted molar refractivity (Wildman–Crippen MR) is 60.9 cm³/mol. The van der Waals surface area contributed by atoms with Crippen LogP contribution in [0.2, 0.25) is 0 Å². The molecule has 3 rings (SSSR count). The number of nitrogens with one attached hydrogen (secondary N) is 1. The summed E-state index contributed by atoms with van der Waals surface area (Å²) < 4.78 is 34.2. The fraction of sp³-hybridized carbons (Fsp3) is 0.364. The average molecular weight is 255 g/mol. The van der Waals surface area contributed by atoms with Crippen molar-refractivity contribution < 1.29 is 18.3 Å². The first-order valence-corrected chi connectivity index (χ1v) is 5.52. The number of guanidine groups is 1. The second-order valence-corrected chi connectivity index (χ2v) is 4.20. The maximum atomic E-state index is 12.8. The van der Waals surface area contributed by atoms with Crippen LogP contribution in [0.3, 0.4) is 0 Å². The summed E-state index contributed by atoms with van der Waals surface area (Å²) in [5.41, 5.74) is 6.19. The van der Waals surface area contributed by atoms with Gasteiger partial charge in [0.1, 0.15) is 0 Å². The van der Waals surface area contributed by atoms with E-state index in [9.17, 15) is 8.78 Å². The van der Waals surface area contributed by atoms with E-state index in [2.05, 4.69) is 19.8 Å². The molecule has 0 aromatic heterocycles. The Morgan fingerprint density at radius 2 is 2.06 bits per heavy atom. The number of hydrogen-bond donors (Lipinski definition) is 2. The Labute approximate surface area is 102 Å². The molecule has 3 N–H and O–H groups in total. The van der Waals surface area contributed by atoms with Gasteiger partial charge in [0.05, 0.1) is 6.04 Å². The molecule has 0 unspecified atom stereocenters. The molecule has 1 aliphatic carbocycles. The minimum atomic E-state index is -3.60. The van der Waals surface area contributed by atoms with Crippen molar-refractivity contribution >= 4 is 11.6 Å². The zero-order valence-corrected chi connectivity index (χ0v) is 9.32. The lowest BCUT2D eigenvalue weighted by atomic mass is 10.3. The lowest BCUT2D eigenvalue weighted by Crippen LogP contribution is -2.26. The Hall–Kier alpha value is -2.05. The highest BCUT2D eigenvalue weighted by molar-refractivity contribution is 5.92. The Morgan fingerprint density at radius 3 is 2.78 bits per heavy atom. The van der Waals surface area contributed by atoms with Crippen LogP contribution in [0.4, 0.5) is 14.5 Å². The first-order chi connectivity index (χ1) is 8.52. The molecular formula is C11H11F2N3O2. The summed E-state index contributed by atoms with van der Waals surface area (Å²) in [5.74, 6) is 0.246. The first-order valence-electron chi connectivity index (χ1n) is 5.52. The molecule has 1 fully saturated rings. The largest absolute Gasteiger partial charge is 0.586 e. The molecule has 0 amide bonds. The van der Waals surface area contributed by atoms with Crippen LogP contribution in [0, 0.1) is 0 Å². The molecule has 7 heteroatoms.